The van der Waals surface area contributed by atoms with Crippen molar-refractivity contribution in [3.05, 3.63) is 120 Å². The SMILES string of the molecule is O=C1[C@@H](c2ccccc2)[C@@H](c2ccccc2)N1CCCn1cnc2c(NCc3ccccc3)ncnc21. The number of β-lactam (4-membered cyclic amide) rings is 1. The molecule has 1 fully saturated rings. The predicted octanol–water partition coefficient (Wildman–Crippen LogP) is 5.20. The number of aromatic nitrogens is 4. The van der Waals surface area contributed by atoms with E-state index in [0.717, 1.165) is 29.0 Å². The Labute approximate surface area is 215 Å². The summed E-state index contributed by atoms with van der Waals surface area (Å²) in [6, 6.07) is 30.7. The summed E-state index contributed by atoms with van der Waals surface area (Å²) in [4.78, 5) is 28.7. The zero-order valence-electron chi connectivity index (χ0n) is 20.4. The van der Waals surface area contributed by atoms with Crippen LogP contribution in [-0.2, 0) is 17.9 Å². The third-order valence-electron chi connectivity index (χ3n) is 7.00. The molecule has 3 aromatic carbocycles. The van der Waals surface area contributed by atoms with E-state index in [-0.39, 0.29) is 17.9 Å². The van der Waals surface area contributed by atoms with Gasteiger partial charge in [-0.2, -0.15) is 0 Å². The number of hydrogen-bond donors (Lipinski definition) is 1. The van der Waals surface area contributed by atoms with Gasteiger partial charge in [0.15, 0.2) is 11.5 Å². The molecule has 1 saturated heterocycles. The molecule has 0 spiro atoms. The van der Waals surface area contributed by atoms with Gasteiger partial charge in [-0.1, -0.05) is 91.0 Å². The molecule has 0 bridgehead atoms. The zero-order chi connectivity index (χ0) is 25.0. The van der Waals surface area contributed by atoms with Crippen molar-refractivity contribution in [2.45, 2.75) is 31.5 Å². The van der Waals surface area contributed by atoms with Gasteiger partial charge < -0.3 is 14.8 Å². The number of aryl methyl sites for hydroxylation is 1. The number of fused-ring (bicyclic) bond motifs is 1. The Morgan fingerprint density at radius 3 is 2.16 bits per heavy atom. The third-order valence-corrected chi connectivity index (χ3v) is 7.00. The van der Waals surface area contributed by atoms with E-state index in [2.05, 4.69) is 56.7 Å². The topological polar surface area (TPSA) is 75.9 Å². The first-order chi connectivity index (χ1) is 18.3. The maximum atomic E-state index is 13.3. The Hall–Kier alpha value is -4.52. The van der Waals surface area contributed by atoms with Crippen molar-refractivity contribution in [1.82, 2.24) is 24.4 Å². The fourth-order valence-corrected chi connectivity index (χ4v) is 5.17. The summed E-state index contributed by atoms with van der Waals surface area (Å²) < 4.78 is 2.04. The summed E-state index contributed by atoms with van der Waals surface area (Å²) in [5.41, 5.74) is 4.97. The molecule has 0 unspecified atom stereocenters. The maximum Gasteiger partial charge on any atom is 0.233 e. The van der Waals surface area contributed by atoms with Crippen LogP contribution in [0.5, 0.6) is 0 Å². The fraction of sp³-hybridized carbons (Fsp3) is 0.200. The van der Waals surface area contributed by atoms with Gasteiger partial charge in [-0.05, 0) is 23.1 Å². The van der Waals surface area contributed by atoms with E-state index in [1.165, 1.54) is 11.1 Å². The van der Waals surface area contributed by atoms with Gasteiger partial charge >= 0.3 is 0 Å². The van der Waals surface area contributed by atoms with Crippen LogP contribution >= 0.6 is 0 Å². The van der Waals surface area contributed by atoms with Crippen molar-refractivity contribution in [2.24, 2.45) is 0 Å². The van der Waals surface area contributed by atoms with E-state index in [0.29, 0.717) is 19.6 Å². The number of anilines is 1. The first kappa shape index (κ1) is 22.9. The standard InChI is InChI=1S/C30H28N6O/c37-30-25(23-13-6-2-7-14-23)27(24-15-8-3-9-16-24)36(30)18-10-17-35-21-34-26-28(32-20-33-29(26)35)31-19-22-11-4-1-5-12-22/h1-9,11-16,20-21,25,27H,10,17-19H2,(H,31,32,33)/t25-,27+/m0/s1. The van der Waals surface area contributed by atoms with Crippen LogP contribution in [0.4, 0.5) is 5.82 Å². The van der Waals surface area contributed by atoms with Crippen molar-refractivity contribution in [3.8, 4) is 0 Å². The van der Waals surface area contributed by atoms with Crippen LogP contribution in [-0.4, -0.2) is 36.9 Å². The number of nitrogens with one attached hydrogen (secondary N) is 1. The Morgan fingerprint density at radius 2 is 1.43 bits per heavy atom. The number of carbonyl (C=O) groups is 1. The maximum absolute atomic E-state index is 13.3. The lowest BCUT2D eigenvalue weighted by Crippen LogP contribution is -2.53. The van der Waals surface area contributed by atoms with Crippen LogP contribution in [0.25, 0.3) is 11.2 Å². The highest BCUT2D eigenvalue weighted by atomic mass is 16.2. The Morgan fingerprint density at radius 1 is 0.757 bits per heavy atom. The predicted molar refractivity (Wildman–Crippen MR) is 144 cm³/mol. The monoisotopic (exact) mass is 488 g/mol. The third kappa shape index (κ3) is 4.56. The number of rotatable bonds is 9. The second-order valence-electron chi connectivity index (χ2n) is 9.30. The highest BCUT2D eigenvalue weighted by Crippen LogP contribution is 2.46. The van der Waals surface area contributed by atoms with Crippen LogP contribution < -0.4 is 5.32 Å². The first-order valence-electron chi connectivity index (χ1n) is 12.6. The lowest BCUT2D eigenvalue weighted by atomic mass is 9.77. The average molecular weight is 489 g/mol. The number of imidazole rings is 1. The second kappa shape index (κ2) is 10.2. The summed E-state index contributed by atoms with van der Waals surface area (Å²) in [6.07, 6.45) is 4.19. The molecule has 0 radical (unpaired) electrons. The summed E-state index contributed by atoms with van der Waals surface area (Å²) in [5, 5.41) is 3.38. The summed E-state index contributed by atoms with van der Waals surface area (Å²) >= 11 is 0. The number of hydrogen-bond acceptors (Lipinski definition) is 5. The van der Waals surface area contributed by atoms with Crippen molar-refractivity contribution in [1.29, 1.82) is 0 Å². The van der Waals surface area contributed by atoms with E-state index in [9.17, 15) is 4.79 Å². The second-order valence-corrected chi connectivity index (χ2v) is 9.30. The van der Waals surface area contributed by atoms with Gasteiger partial charge in [-0.3, -0.25) is 4.79 Å². The molecule has 184 valence electrons. The number of amides is 1. The zero-order valence-corrected chi connectivity index (χ0v) is 20.4. The van der Waals surface area contributed by atoms with Crippen LogP contribution in [0.3, 0.4) is 0 Å². The van der Waals surface area contributed by atoms with E-state index < -0.39 is 0 Å². The number of likely N-dealkylation sites (tertiary alicyclic amines) is 1. The van der Waals surface area contributed by atoms with Crippen LogP contribution in [0.1, 0.15) is 35.1 Å². The minimum absolute atomic E-state index is 0.0479. The molecule has 7 heteroatoms. The Kier molecular flexibility index (Phi) is 6.33. The lowest BCUT2D eigenvalue weighted by Gasteiger charge is -2.48. The van der Waals surface area contributed by atoms with Crippen LogP contribution in [0, 0.1) is 0 Å². The summed E-state index contributed by atoms with van der Waals surface area (Å²) in [5.74, 6) is 0.772. The number of carbonyl (C=O) groups excluding carboxylic acids is 1. The summed E-state index contributed by atoms with van der Waals surface area (Å²) in [7, 11) is 0. The van der Waals surface area contributed by atoms with Crippen molar-refractivity contribution < 1.29 is 4.79 Å². The van der Waals surface area contributed by atoms with Gasteiger partial charge in [0.25, 0.3) is 0 Å². The molecule has 6 rings (SSSR count). The van der Waals surface area contributed by atoms with Crippen molar-refractivity contribution in [2.75, 3.05) is 11.9 Å². The van der Waals surface area contributed by atoms with Crippen LogP contribution in [0.2, 0.25) is 0 Å². The van der Waals surface area contributed by atoms with E-state index >= 15 is 0 Å². The number of nitrogens with zero attached hydrogens (tertiary/aromatic N) is 5. The largest absolute Gasteiger partial charge is 0.364 e. The molecular formula is C30H28N6O. The van der Waals surface area contributed by atoms with E-state index in [1.807, 2.05) is 70.4 Å². The lowest BCUT2D eigenvalue weighted by molar-refractivity contribution is -0.150. The average Bonchev–Trinajstić information content (AvgIpc) is 3.38. The quantitative estimate of drug-likeness (QED) is 0.289. The van der Waals surface area contributed by atoms with E-state index in [1.54, 1.807) is 6.33 Å². The van der Waals surface area contributed by atoms with Crippen molar-refractivity contribution >= 4 is 22.9 Å². The molecule has 5 aromatic rings. The smallest absolute Gasteiger partial charge is 0.233 e. The summed E-state index contributed by atoms with van der Waals surface area (Å²) in [6.45, 7) is 2.05. The van der Waals surface area contributed by atoms with Gasteiger partial charge in [0.05, 0.1) is 18.3 Å². The fourth-order valence-electron chi connectivity index (χ4n) is 5.17. The highest BCUT2D eigenvalue weighted by molar-refractivity contribution is 5.91. The molecule has 7 nitrogen and oxygen atoms in total. The van der Waals surface area contributed by atoms with Gasteiger partial charge in [0.1, 0.15) is 11.8 Å². The van der Waals surface area contributed by atoms with Crippen LogP contribution in [0.15, 0.2) is 104 Å². The van der Waals surface area contributed by atoms with Gasteiger partial charge in [-0.25, -0.2) is 15.0 Å². The molecule has 1 aliphatic heterocycles. The minimum Gasteiger partial charge on any atom is -0.364 e. The van der Waals surface area contributed by atoms with Gasteiger partial charge in [0.2, 0.25) is 5.91 Å². The molecule has 0 saturated carbocycles. The van der Waals surface area contributed by atoms with Gasteiger partial charge in [0, 0.05) is 19.6 Å². The molecular weight excluding hydrogens is 460 g/mol. The Balaban J connectivity index is 1.15. The van der Waals surface area contributed by atoms with E-state index in [4.69, 9.17) is 0 Å². The van der Waals surface area contributed by atoms with Crippen molar-refractivity contribution in [3.63, 3.8) is 0 Å². The molecule has 2 atom stereocenters. The van der Waals surface area contributed by atoms with Gasteiger partial charge in [-0.15, -0.1) is 0 Å². The molecule has 0 aliphatic carbocycles. The first-order valence-corrected chi connectivity index (χ1v) is 12.6. The molecule has 1 amide bonds. The molecule has 37 heavy (non-hydrogen) atoms. The highest BCUT2D eigenvalue weighted by Gasteiger charge is 2.48. The normalized spacial score (nSPS) is 17.1. The molecule has 1 aliphatic rings. The molecule has 1 N–H and O–H groups in total. The minimum atomic E-state index is -0.135. The number of benzene rings is 3. The molecule has 3 heterocycles. The Bertz CT molecular complexity index is 1490. The molecule has 2 aromatic heterocycles.